The van der Waals surface area contributed by atoms with Gasteiger partial charge in [-0.25, -0.2) is 9.07 Å². The summed E-state index contributed by atoms with van der Waals surface area (Å²) < 4.78 is 16.2. The average molecular weight is 327 g/mol. The molecule has 0 spiro atoms. The van der Waals surface area contributed by atoms with E-state index in [1.807, 2.05) is 26.2 Å². The van der Waals surface area contributed by atoms with Crippen LogP contribution in [-0.4, -0.2) is 25.5 Å². The number of carbonyl (C=O) groups excluding carboxylic acids is 1. The van der Waals surface area contributed by atoms with E-state index in [4.69, 9.17) is 0 Å². The number of hydrogen-bond acceptors (Lipinski definition) is 3. The molecular weight excluding hydrogens is 309 g/mol. The molecule has 0 fully saturated rings. The number of amides is 1. The van der Waals surface area contributed by atoms with Crippen molar-refractivity contribution in [3.05, 3.63) is 66.0 Å². The van der Waals surface area contributed by atoms with E-state index in [9.17, 15) is 9.18 Å². The molecular formula is C17H18FN5O. The second-order valence-corrected chi connectivity index (χ2v) is 5.70. The largest absolute Gasteiger partial charge is 0.348 e. The van der Waals surface area contributed by atoms with Crippen LogP contribution in [0.4, 0.5) is 4.39 Å². The molecule has 3 rings (SSSR count). The molecule has 0 aliphatic rings. The molecule has 2 heterocycles. The van der Waals surface area contributed by atoms with E-state index >= 15 is 0 Å². The second kappa shape index (κ2) is 6.66. The average Bonchev–Trinajstić information content (AvgIpc) is 3.17. The van der Waals surface area contributed by atoms with Crippen molar-refractivity contribution in [2.45, 2.75) is 26.4 Å². The first-order valence-electron chi connectivity index (χ1n) is 7.60. The molecule has 6 nitrogen and oxygen atoms in total. The first kappa shape index (κ1) is 15.9. The van der Waals surface area contributed by atoms with Crippen LogP contribution in [0.25, 0.3) is 5.69 Å². The Morgan fingerprint density at radius 1 is 1.21 bits per heavy atom. The number of aryl methyl sites for hydroxylation is 1. The van der Waals surface area contributed by atoms with Crippen molar-refractivity contribution in [1.82, 2.24) is 24.9 Å². The number of nitrogens with zero attached hydrogens (tertiary/aromatic N) is 4. The Morgan fingerprint density at radius 2 is 1.96 bits per heavy atom. The molecule has 24 heavy (non-hydrogen) atoms. The number of halogens is 1. The maximum Gasteiger partial charge on any atom is 0.242 e. The van der Waals surface area contributed by atoms with E-state index in [0.29, 0.717) is 0 Å². The Labute approximate surface area is 138 Å². The van der Waals surface area contributed by atoms with Crippen molar-refractivity contribution in [2.75, 3.05) is 0 Å². The molecule has 124 valence electrons. The number of rotatable bonds is 5. The van der Waals surface area contributed by atoms with Crippen molar-refractivity contribution >= 4 is 5.91 Å². The van der Waals surface area contributed by atoms with Gasteiger partial charge in [0.15, 0.2) is 0 Å². The highest BCUT2D eigenvalue weighted by Gasteiger charge is 2.13. The summed E-state index contributed by atoms with van der Waals surface area (Å²) in [5.74, 6) is -0.416. The van der Waals surface area contributed by atoms with E-state index in [-0.39, 0.29) is 24.3 Å². The van der Waals surface area contributed by atoms with Crippen LogP contribution >= 0.6 is 0 Å². The summed E-state index contributed by atoms with van der Waals surface area (Å²) in [6.07, 6.45) is 7.03. The smallest absolute Gasteiger partial charge is 0.242 e. The van der Waals surface area contributed by atoms with E-state index in [1.165, 1.54) is 12.1 Å². The van der Waals surface area contributed by atoms with Gasteiger partial charge in [-0.3, -0.25) is 9.48 Å². The maximum atomic E-state index is 13.0. The molecule has 0 radical (unpaired) electrons. The molecule has 1 amide bonds. The van der Waals surface area contributed by atoms with Gasteiger partial charge in [0.1, 0.15) is 12.4 Å². The number of carbonyl (C=O) groups is 1. The fourth-order valence-corrected chi connectivity index (χ4v) is 2.37. The summed E-state index contributed by atoms with van der Waals surface area (Å²) in [4.78, 5) is 12.1. The highest BCUT2D eigenvalue weighted by molar-refractivity contribution is 5.76. The molecule has 0 saturated carbocycles. The van der Waals surface area contributed by atoms with E-state index in [1.54, 1.807) is 33.9 Å². The monoisotopic (exact) mass is 327 g/mol. The van der Waals surface area contributed by atoms with Crippen LogP contribution in [0, 0.1) is 12.7 Å². The lowest BCUT2D eigenvalue weighted by molar-refractivity contribution is -0.122. The van der Waals surface area contributed by atoms with Crippen LogP contribution < -0.4 is 5.32 Å². The zero-order valence-corrected chi connectivity index (χ0v) is 13.5. The molecule has 1 N–H and O–H groups in total. The zero-order chi connectivity index (χ0) is 17.1. The third-order valence-corrected chi connectivity index (χ3v) is 3.64. The number of nitrogens with one attached hydrogen (secondary N) is 1. The Kier molecular flexibility index (Phi) is 4.41. The SMILES string of the molecule is Cc1cnn(CC(=O)N[C@H](C)c2cnn(-c3ccc(F)cc3)c2)c1. The lowest BCUT2D eigenvalue weighted by Gasteiger charge is -2.12. The summed E-state index contributed by atoms with van der Waals surface area (Å²) in [7, 11) is 0. The first-order chi connectivity index (χ1) is 11.5. The van der Waals surface area contributed by atoms with Crippen molar-refractivity contribution in [2.24, 2.45) is 0 Å². The molecule has 3 aromatic rings. The summed E-state index contributed by atoms with van der Waals surface area (Å²) in [6, 6.07) is 5.87. The van der Waals surface area contributed by atoms with Crippen molar-refractivity contribution in [3.8, 4) is 5.69 Å². The second-order valence-electron chi connectivity index (χ2n) is 5.70. The molecule has 0 aliphatic heterocycles. The predicted octanol–water partition coefficient (Wildman–Crippen LogP) is 2.39. The lowest BCUT2D eigenvalue weighted by atomic mass is 10.2. The van der Waals surface area contributed by atoms with Crippen molar-refractivity contribution < 1.29 is 9.18 Å². The minimum atomic E-state index is -0.291. The summed E-state index contributed by atoms with van der Waals surface area (Å²) in [6.45, 7) is 3.98. The molecule has 0 bridgehead atoms. The van der Waals surface area contributed by atoms with Crippen LogP contribution in [0.3, 0.4) is 0 Å². The third kappa shape index (κ3) is 3.68. The summed E-state index contributed by atoms with van der Waals surface area (Å²) in [5, 5.41) is 11.3. The predicted molar refractivity (Wildman–Crippen MR) is 87.0 cm³/mol. The minimum absolute atomic E-state index is 0.125. The van der Waals surface area contributed by atoms with Crippen LogP contribution in [0.1, 0.15) is 24.1 Å². The van der Waals surface area contributed by atoms with Crippen LogP contribution in [0.2, 0.25) is 0 Å². The summed E-state index contributed by atoms with van der Waals surface area (Å²) >= 11 is 0. The van der Waals surface area contributed by atoms with Crippen LogP contribution in [0.15, 0.2) is 49.1 Å². The summed E-state index contributed by atoms with van der Waals surface area (Å²) in [5.41, 5.74) is 2.63. The number of aromatic nitrogens is 4. The van der Waals surface area contributed by atoms with Crippen molar-refractivity contribution in [3.63, 3.8) is 0 Å². The quantitative estimate of drug-likeness (QED) is 0.782. The molecule has 1 aromatic carbocycles. The molecule has 7 heteroatoms. The Balaban J connectivity index is 1.64. The first-order valence-corrected chi connectivity index (χ1v) is 7.60. The molecule has 0 unspecified atom stereocenters. The van der Waals surface area contributed by atoms with E-state index in [2.05, 4.69) is 15.5 Å². The Bertz CT molecular complexity index is 837. The van der Waals surface area contributed by atoms with Gasteiger partial charge in [-0.1, -0.05) is 0 Å². The molecule has 2 aromatic heterocycles. The van der Waals surface area contributed by atoms with Crippen LogP contribution in [-0.2, 0) is 11.3 Å². The Hall–Kier alpha value is -2.96. The molecule has 1 atom stereocenters. The third-order valence-electron chi connectivity index (χ3n) is 3.64. The van der Waals surface area contributed by atoms with Gasteiger partial charge in [0, 0.05) is 18.0 Å². The fraction of sp³-hybridized carbons (Fsp3) is 0.235. The van der Waals surface area contributed by atoms with Gasteiger partial charge in [0.05, 0.1) is 24.1 Å². The number of hydrogen-bond donors (Lipinski definition) is 1. The number of benzene rings is 1. The van der Waals surface area contributed by atoms with Gasteiger partial charge in [-0.05, 0) is 43.7 Å². The molecule has 0 saturated heterocycles. The van der Waals surface area contributed by atoms with Crippen LogP contribution in [0.5, 0.6) is 0 Å². The highest BCUT2D eigenvalue weighted by atomic mass is 19.1. The van der Waals surface area contributed by atoms with Gasteiger partial charge in [0.2, 0.25) is 5.91 Å². The fourth-order valence-electron chi connectivity index (χ4n) is 2.37. The minimum Gasteiger partial charge on any atom is -0.348 e. The standard InChI is InChI=1S/C17H18FN5O/c1-12-7-19-22(9-12)11-17(24)21-13(2)14-8-20-23(10-14)16-5-3-15(18)4-6-16/h3-10,13H,11H2,1-2H3,(H,21,24)/t13-/m1/s1. The van der Waals surface area contributed by atoms with Crippen molar-refractivity contribution in [1.29, 1.82) is 0 Å². The maximum absolute atomic E-state index is 13.0. The topological polar surface area (TPSA) is 64.7 Å². The van der Waals surface area contributed by atoms with Gasteiger partial charge >= 0.3 is 0 Å². The normalized spacial score (nSPS) is 12.1. The molecule has 0 aliphatic carbocycles. The lowest BCUT2D eigenvalue weighted by Crippen LogP contribution is -2.30. The van der Waals surface area contributed by atoms with E-state index in [0.717, 1.165) is 16.8 Å². The zero-order valence-electron chi connectivity index (χ0n) is 13.5. The van der Waals surface area contributed by atoms with Gasteiger partial charge < -0.3 is 5.32 Å². The van der Waals surface area contributed by atoms with Gasteiger partial charge in [-0.2, -0.15) is 10.2 Å². The highest BCUT2D eigenvalue weighted by Crippen LogP contribution is 2.15. The van der Waals surface area contributed by atoms with Gasteiger partial charge in [-0.15, -0.1) is 0 Å². The Morgan fingerprint density at radius 3 is 2.62 bits per heavy atom. The van der Waals surface area contributed by atoms with Gasteiger partial charge in [0.25, 0.3) is 0 Å². The van der Waals surface area contributed by atoms with E-state index < -0.39 is 0 Å².